The monoisotopic (exact) mass is 464 g/mol. The number of aromatic nitrogens is 6. The SMILES string of the molecule is O=c1[nH]c2c(-c3cccc(Cl)c3)nc(-n3cnc4ccc(F)cc43)nc2n1C1CCOCC1. The summed E-state index contributed by atoms with van der Waals surface area (Å²) in [7, 11) is 0. The Bertz CT molecular complexity index is 1570. The molecule has 0 unspecified atom stereocenters. The lowest BCUT2D eigenvalue weighted by Crippen LogP contribution is -2.27. The predicted molar refractivity (Wildman–Crippen MR) is 122 cm³/mol. The summed E-state index contributed by atoms with van der Waals surface area (Å²) in [4.78, 5) is 29.8. The predicted octanol–water partition coefficient (Wildman–Crippen LogP) is 4.27. The van der Waals surface area contributed by atoms with Gasteiger partial charge in [-0.1, -0.05) is 23.7 Å². The molecule has 33 heavy (non-hydrogen) atoms. The number of nitrogens with zero attached hydrogens (tertiary/aromatic N) is 5. The van der Waals surface area contributed by atoms with Crippen LogP contribution in [-0.2, 0) is 4.74 Å². The van der Waals surface area contributed by atoms with E-state index in [1.165, 1.54) is 12.1 Å². The van der Waals surface area contributed by atoms with Crippen LogP contribution in [0.15, 0.2) is 53.6 Å². The molecule has 8 nitrogen and oxygen atoms in total. The zero-order valence-corrected chi connectivity index (χ0v) is 18.1. The van der Waals surface area contributed by atoms with Gasteiger partial charge >= 0.3 is 5.69 Å². The van der Waals surface area contributed by atoms with E-state index in [4.69, 9.17) is 26.3 Å². The molecule has 0 aliphatic carbocycles. The van der Waals surface area contributed by atoms with Crippen LogP contribution in [0.2, 0.25) is 5.02 Å². The van der Waals surface area contributed by atoms with Crippen LogP contribution in [0.1, 0.15) is 18.9 Å². The number of imidazole rings is 2. The van der Waals surface area contributed by atoms with Crippen molar-refractivity contribution in [3.63, 3.8) is 0 Å². The minimum Gasteiger partial charge on any atom is -0.381 e. The van der Waals surface area contributed by atoms with E-state index >= 15 is 0 Å². The maximum Gasteiger partial charge on any atom is 0.327 e. The van der Waals surface area contributed by atoms with Gasteiger partial charge in [0.15, 0.2) is 5.65 Å². The third-order valence-electron chi connectivity index (χ3n) is 5.94. The normalized spacial score (nSPS) is 15.0. The van der Waals surface area contributed by atoms with Crippen LogP contribution >= 0.6 is 11.6 Å². The number of nitrogens with one attached hydrogen (secondary N) is 1. The van der Waals surface area contributed by atoms with E-state index in [0.717, 1.165) is 5.56 Å². The first kappa shape index (κ1) is 20.1. The van der Waals surface area contributed by atoms with E-state index < -0.39 is 0 Å². The smallest absolute Gasteiger partial charge is 0.327 e. The summed E-state index contributed by atoms with van der Waals surface area (Å²) in [6.07, 6.45) is 2.96. The van der Waals surface area contributed by atoms with Gasteiger partial charge in [0, 0.05) is 35.9 Å². The molecule has 0 atom stereocenters. The summed E-state index contributed by atoms with van der Waals surface area (Å²) in [6, 6.07) is 11.5. The average molecular weight is 465 g/mol. The van der Waals surface area contributed by atoms with Gasteiger partial charge in [-0.15, -0.1) is 0 Å². The summed E-state index contributed by atoms with van der Waals surface area (Å²) in [5, 5.41) is 0.544. The highest BCUT2D eigenvalue weighted by molar-refractivity contribution is 6.30. The highest BCUT2D eigenvalue weighted by Crippen LogP contribution is 2.30. The molecule has 2 aromatic carbocycles. The summed E-state index contributed by atoms with van der Waals surface area (Å²) < 4.78 is 22.8. The Labute approximate surface area is 191 Å². The zero-order chi connectivity index (χ0) is 22.5. The first-order valence-corrected chi connectivity index (χ1v) is 11.0. The molecule has 10 heteroatoms. The van der Waals surface area contributed by atoms with Crippen molar-refractivity contribution >= 4 is 33.8 Å². The Morgan fingerprint density at radius 3 is 2.79 bits per heavy atom. The van der Waals surface area contributed by atoms with Gasteiger partial charge in [0.25, 0.3) is 0 Å². The van der Waals surface area contributed by atoms with Gasteiger partial charge in [-0.25, -0.2) is 19.2 Å². The third-order valence-corrected chi connectivity index (χ3v) is 6.17. The second kappa shape index (κ2) is 7.79. The highest BCUT2D eigenvalue weighted by atomic mass is 35.5. The number of rotatable bonds is 3. The maximum absolute atomic E-state index is 14.0. The first-order chi connectivity index (χ1) is 16.1. The molecule has 6 rings (SSSR count). The lowest BCUT2D eigenvalue weighted by atomic mass is 10.1. The van der Waals surface area contributed by atoms with Crippen molar-refractivity contribution in [3.8, 4) is 17.2 Å². The van der Waals surface area contributed by atoms with Crippen molar-refractivity contribution in [2.24, 2.45) is 0 Å². The number of ether oxygens (including phenoxy) is 1. The second-order valence-electron chi connectivity index (χ2n) is 7.97. The molecule has 1 aliphatic heterocycles. The summed E-state index contributed by atoms with van der Waals surface area (Å²) in [5.41, 5.74) is 3.14. The van der Waals surface area contributed by atoms with Gasteiger partial charge in [-0.05, 0) is 37.1 Å². The van der Waals surface area contributed by atoms with Gasteiger partial charge < -0.3 is 9.72 Å². The van der Waals surface area contributed by atoms with Gasteiger partial charge in [0.05, 0.1) is 11.0 Å². The van der Waals surface area contributed by atoms with Gasteiger partial charge in [-0.3, -0.25) is 9.13 Å². The number of halogens is 2. The maximum atomic E-state index is 14.0. The van der Waals surface area contributed by atoms with Crippen molar-refractivity contribution < 1.29 is 9.13 Å². The molecular weight excluding hydrogens is 447 g/mol. The van der Waals surface area contributed by atoms with Crippen molar-refractivity contribution in [2.75, 3.05) is 13.2 Å². The number of aromatic amines is 1. The van der Waals surface area contributed by atoms with Crippen molar-refractivity contribution in [2.45, 2.75) is 18.9 Å². The minimum atomic E-state index is -0.388. The van der Waals surface area contributed by atoms with Crippen molar-refractivity contribution in [3.05, 3.63) is 70.1 Å². The van der Waals surface area contributed by atoms with Crippen LogP contribution in [-0.4, -0.2) is 42.3 Å². The first-order valence-electron chi connectivity index (χ1n) is 10.6. The molecule has 166 valence electrons. The molecule has 1 fully saturated rings. The van der Waals surface area contributed by atoms with Crippen LogP contribution in [0.3, 0.4) is 0 Å². The number of hydrogen-bond donors (Lipinski definition) is 1. The molecule has 1 N–H and O–H groups in total. The summed E-state index contributed by atoms with van der Waals surface area (Å²) in [6.45, 7) is 1.16. The Kier molecular flexibility index (Phi) is 4.74. The van der Waals surface area contributed by atoms with E-state index in [1.54, 1.807) is 33.7 Å². The van der Waals surface area contributed by atoms with Gasteiger partial charge in [-0.2, -0.15) is 4.98 Å². The number of fused-ring (bicyclic) bond motifs is 2. The van der Waals surface area contributed by atoms with E-state index in [1.807, 2.05) is 12.1 Å². The quantitative estimate of drug-likeness (QED) is 0.430. The number of benzene rings is 2. The molecule has 1 saturated heterocycles. The lowest BCUT2D eigenvalue weighted by Gasteiger charge is -2.23. The molecule has 5 aromatic rings. The molecule has 4 heterocycles. The fourth-order valence-corrected chi connectivity index (χ4v) is 4.56. The molecule has 0 radical (unpaired) electrons. The van der Waals surface area contributed by atoms with E-state index in [9.17, 15) is 9.18 Å². The second-order valence-corrected chi connectivity index (χ2v) is 8.41. The minimum absolute atomic E-state index is 0.0491. The molecular formula is C23H18ClFN6O2. The van der Waals surface area contributed by atoms with E-state index in [0.29, 0.717) is 59.0 Å². The van der Waals surface area contributed by atoms with Crippen molar-refractivity contribution in [1.82, 2.24) is 29.1 Å². The Hall–Kier alpha value is -3.56. The van der Waals surface area contributed by atoms with Crippen LogP contribution in [0.25, 0.3) is 39.4 Å². The summed E-state index contributed by atoms with van der Waals surface area (Å²) in [5.74, 6) is -0.105. The molecule has 0 spiro atoms. The van der Waals surface area contributed by atoms with Crippen LogP contribution in [0, 0.1) is 5.82 Å². The van der Waals surface area contributed by atoms with Crippen LogP contribution < -0.4 is 5.69 Å². The topological polar surface area (TPSA) is 90.6 Å². The number of hydrogen-bond acceptors (Lipinski definition) is 5. The fraction of sp³-hybridized carbons (Fsp3) is 0.217. The Morgan fingerprint density at radius 2 is 1.97 bits per heavy atom. The lowest BCUT2D eigenvalue weighted by molar-refractivity contribution is 0.0697. The number of H-pyrrole nitrogens is 1. The average Bonchev–Trinajstić information content (AvgIpc) is 3.38. The Morgan fingerprint density at radius 1 is 1.12 bits per heavy atom. The fourth-order valence-electron chi connectivity index (χ4n) is 4.36. The Balaban J connectivity index is 1.66. The van der Waals surface area contributed by atoms with Crippen molar-refractivity contribution in [1.29, 1.82) is 0 Å². The molecule has 3 aromatic heterocycles. The molecule has 0 bridgehead atoms. The molecule has 0 amide bonds. The zero-order valence-electron chi connectivity index (χ0n) is 17.3. The van der Waals surface area contributed by atoms with E-state index in [2.05, 4.69) is 9.97 Å². The molecule has 0 saturated carbocycles. The van der Waals surface area contributed by atoms with Gasteiger partial charge in [0.1, 0.15) is 23.4 Å². The van der Waals surface area contributed by atoms with E-state index in [-0.39, 0.29) is 23.5 Å². The largest absolute Gasteiger partial charge is 0.381 e. The summed E-state index contributed by atoms with van der Waals surface area (Å²) >= 11 is 6.25. The standard InChI is InChI=1S/C23H18ClFN6O2/c24-14-3-1-2-13(10-14)19-20-21(31(23(32)28-20)16-6-8-33-9-7-16)29-22(27-19)30-12-26-17-5-4-15(25)11-18(17)30/h1-5,10-12,16H,6-9H2,(H,28,32). The van der Waals surface area contributed by atoms with Crippen LogP contribution in [0.4, 0.5) is 4.39 Å². The van der Waals surface area contributed by atoms with Gasteiger partial charge in [0.2, 0.25) is 5.95 Å². The van der Waals surface area contributed by atoms with Crippen LogP contribution in [0.5, 0.6) is 0 Å². The highest BCUT2D eigenvalue weighted by Gasteiger charge is 2.24. The molecule has 1 aliphatic rings. The third kappa shape index (κ3) is 3.40.